The van der Waals surface area contributed by atoms with E-state index in [4.69, 9.17) is 15.2 Å². The Labute approximate surface area is 172 Å². The quantitative estimate of drug-likeness (QED) is 0.369. The molecule has 0 bridgehead atoms. The molecule has 6 nitrogen and oxygen atoms in total. The Bertz CT molecular complexity index is 688. The molecule has 1 unspecified atom stereocenters. The lowest BCUT2D eigenvalue weighted by molar-refractivity contribution is 0.306. The predicted molar refractivity (Wildman–Crippen MR) is 118 cm³/mol. The van der Waals surface area contributed by atoms with Crippen LogP contribution in [0, 0.1) is 0 Å². The van der Waals surface area contributed by atoms with E-state index in [0.717, 1.165) is 22.7 Å². The molecule has 142 valence electrons. The summed E-state index contributed by atoms with van der Waals surface area (Å²) in [6.45, 7) is 0.550. The van der Waals surface area contributed by atoms with E-state index in [-0.39, 0.29) is 30.0 Å². The Morgan fingerprint density at radius 2 is 1.50 bits per heavy atom. The highest BCUT2D eigenvalue weighted by Gasteiger charge is 2.14. The van der Waals surface area contributed by atoms with Crippen molar-refractivity contribution in [2.75, 3.05) is 40.2 Å². The molecule has 0 aliphatic carbocycles. The topological polar surface area (TPSA) is 72.1 Å². The Morgan fingerprint density at radius 3 is 1.96 bits per heavy atom. The fourth-order valence-electron chi connectivity index (χ4n) is 2.44. The number of rotatable bonds is 7. The fraction of sp³-hybridized carbons (Fsp3) is 0.316. The van der Waals surface area contributed by atoms with E-state index in [0.29, 0.717) is 12.5 Å². The highest BCUT2D eigenvalue weighted by Crippen LogP contribution is 2.21. The zero-order chi connectivity index (χ0) is 18.2. The van der Waals surface area contributed by atoms with E-state index < -0.39 is 0 Å². The molecule has 0 spiro atoms. The van der Waals surface area contributed by atoms with Crippen LogP contribution >= 0.6 is 24.0 Å². The van der Waals surface area contributed by atoms with Crippen LogP contribution in [0.3, 0.4) is 0 Å². The average molecular weight is 470 g/mol. The number of anilines is 1. The number of benzene rings is 2. The molecule has 2 aromatic rings. The number of halogens is 1. The Kier molecular flexibility index (Phi) is 9.22. The summed E-state index contributed by atoms with van der Waals surface area (Å²) < 4.78 is 10.4. The van der Waals surface area contributed by atoms with Crippen LogP contribution in [0.25, 0.3) is 0 Å². The van der Waals surface area contributed by atoms with Gasteiger partial charge in [-0.05, 0) is 56.1 Å². The third kappa shape index (κ3) is 6.38. The van der Waals surface area contributed by atoms with Gasteiger partial charge >= 0.3 is 0 Å². The van der Waals surface area contributed by atoms with Crippen molar-refractivity contribution in [1.82, 2.24) is 4.90 Å². The predicted octanol–water partition coefficient (Wildman–Crippen LogP) is 3.35. The monoisotopic (exact) mass is 470 g/mol. The standard InChI is InChI=1S/C19H26N4O2.HI/c1-23(2)18(14-5-9-16(24-3)10-6-14)13-21-19(20)22-15-7-11-17(25-4)12-8-15;/h5-12,18H,13H2,1-4H3,(H3,20,21,22);1H. The smallest absolute Gasteiger partial charge is 0.193 e. The van der Waals surface area contributed by atoms with Gasteiger partial charge in [0.1, 0.15) is 11.5 Å². The number of nitrogens with two attached hydrogens (primary N) is 1. The lowest BCUT2D eigenvalue weighted by Crippen LogP contribution is -2.27. The van der Waals surface area contributed by atoms with Gasteiger partial charge in [0, 0.05) is 5.69 Å². The minimum Gasteiger partial charge on any atom is -0.497 e. The summed E-state index contributed by atoms with van der Waals surface area (Å²) in [7, 11) is 7.35. The number of aliphatic imine (C=N–C) groups is 1. The van der Waals surface area contributed by atoms with E-state index in [1.807, 2.05) is 62.6 Å². The molecule has 7 heteroatoms. The Balaban J connectivity index is 0.00000338. The van der Waals surface area contributed by atoms with Crippen molar-refractivity contribution in [1.29, 1.82) is 0 Å². The van der Waals surface area contributed by atoms with Crippen molar-refractivity contribution in [2.24, 2.45) is 10.7 Å². The second-order valence-electron chi connectivity index (χ2n) is 5.83. The van der Waals surface area contributed by atoms with Crippen LogP contribution in [-0.2, 0) is 0 Å². The first-order valence-electron chi connectivity index (χ1n) is 8.05. The zero-order valence-corrected chi connectivity index (χ0v) is 17.9. The minimum absolute atomic E-state index is 0. The summed E-state index contributed by atoms with van der Waals surface area (Å²) in [5, 5.41) is 3.09. The molecule has 0 amide bonds. The van der Waals surface area contributed by atoms with Crippen LogP contribution in [0.2, 0.25) is 0 Å². The van der Waals surface area contributed by atoms with Crippen molar-refractivity contribution in [3.63, 3.8) is 0 Å². The van der Waals surface area contributed by atoms with Gasteiger partial charge < -0.3 is 25.4 Å². The van der Waals surface area contributed by atoms with Gasteiger partial charge in [-0.25, -0.2) is 0 Å². The minimum atomic E-state index is 0. The van der Waals surface area contributed by atoms with Crippen LogP contribution in [0.15, 0.2) is 53.5 Å². The van der Waals surface area contributed by atoms with Gasteiger partial charge in [-0.3, -0.25) is 4.99 Å². The SMILES string of the molecule is COc1ccc(NC(N)=NCC(c2ccc(OC)cc2)N(C)C)cc1.I. The largest absolute Gasteiger partial charge is 0.497 e. The van der Waals surface area contributed by atoms with Crippen LogP contribution in [0.1, 0.15) is 11.6 Å². The maximum atomic E-state index is 6.02. The van der Waals surface area contributed by atoms with E-state index in [2.05, 4.69) is 15.2 Å². The molecule has 0 radical (unpaired) electrons. The van der Waals surface area contributed by atoms with Gasteiger partial charge in [0.15, 0.2) is 5.96 Å². The number of guanidine groups is 1. The van der Waals surface area contributed by atoms with Crippen LogP contribution in [0.5, 0.6) is 11.5 Å². The van der Waals surface area contributed by atoms with Crippen LogP contribution < -0.4 is 20.5 Å². The Hall–Kier alpha value is -2.00. The summed E-state index contributed by atoms with van der Waals surface area (Å²) >= 11 is 0. The van der Waals surface area contributed by atoms with E-state index >= 15 is 0 Å². The molecule has 26 heavy (non-hydrogen) atoms. The molecule has 0 heterocycles. The molecule has 0 aliphatic heterocycles. The number of methoxy groups -OCH3 is 2. The maximum absolute atomic E-state index is 6.02. The number of nitrogens with one attached hydrogen (secondary N) is 1. The van der Waals surface area contributed by atoms with Crippen molar-refractivity contribution in [3.05, 3.63) is 54.1 Å². The highest BCUT2D eigenvalue weighted by molar-refractivity contribution is 14.0. The van der Waals surface area contributed by atoms with Gasteiger partial charge in [0.2, 0.25) is 0 Å². The summed E-state index contributed by atoms with van der Waals surface area (Å²) in [6.07, 6.45) is 0. The lowest BCUT2D eigenvalue weighted by Gasteiger charge is -2.23. The van der Waals surface area contributed by atoms with Crippen molar-refractivity contribution in [3.8, 4) is 11.5 Å². The number of likely N-dealkylation sites (N-methyl/N-ethyl adjacent to an activating group) is 1. The van der Waals surface area contributed by atoms with E-state index in [1.165, 1.54) is 0 Å². The van der Waals surface area contributed by atoms with Gasteiger partial charge in [-0.1, -0.05) is 12.1 Å². The third-order valence-electron chi connectivity index (χ3n) is 3.92. The van der Waals surface area contributed by atoms with E-state index in [9.17, 15) is 0 Å². The number of hydrogen-bond acceptors (Lipinski definition) is 4. The molecule has 0 aromatic heterocycles. The molecule has 0 fully saturated rings. The van der Waals surface area contributed by atoms with Gasteiger partial charge in [-0.2, -0.15) is 0 Å². The molecular formula is C19H27IN4O2. The van der Waals surface area contributed by atoms with Crippen LogP contribution in [-0.4, -0.2) is 45.7 Å². The zero-order valence-electron chi connectivity index (χ0n) is 15.6. The van der Waals surface area contributed by atoms with Crippen molar-refractivity contribution >= 4 is 35.6 Å². The van der Waals surface area contributed by atoms with Gasteiger partial charge in [0.25, 0.3) is 0 Å². The van der Waals surface area contributed by atoms with Crippen LogP contribution in [0.4, 0.5) is 5.69 Å². The second kappa shape index (κ2) is 10.9. The van der Waals surface area contributed by atoms with Crippen molar-refractivity contribution < 1.29 is 9.47 Å². The fourth-order valence-corrected chi connectivity index (χ4v) is 2.44. The normalized spacial score (nSPS) is 12.3. The van der Waals surface area contributed by atoms with Gasteiger partial charge in [-0.15, -0.1) is 24.0 Å². The highest BCUT2D eigenvalue weighted by atomic mass is 127. The first kappa shape index (κ1) is 22.0. The third-order valence-corrected chi connectivity index (χ3v) is 3.92. The molecule has 0 saturated heterocycles. The summed E-state index contributed by atoms with van der Waals surface area (Å²) in [5.41, 5.74) is 8.05. The number of nitrogens with zero attached hydrogens (tertiary/aromatic N) is 2. The summed E-state index contributed by atoms with van der Waals surface area (Å²) in [4.78, 5) is 6.60. The number of hydrogen-bond donors (Lipinski definition) is 2. The maximum Gasteiger partial charge on any atom is 0.193 e. The average Bonchev–Trinajstić information content (AvgIpc) is 2.62. The molecular weight excluding hydrogens is 443 g/mol. The van der Waals surface area contributed by atoms with E-state index in [1.54, 1.807) is 14.2 Å². The van der Waals surface area contributed by atoms with Crippen molar-refractivity contribution in [2.45, 2.75) is 6.04 Å². The first-order valence-corrected chi connectivity index (χ1v) is 8.05. The molecule has 1 atom stereocenters. The Morgan fingerprint density at radius 1 is 1.00 bits per heavy atom. The first-order chi connectivity index (χ1) is 12.0. The number of ether oxygens (including phenoxy) is 2. The van der Waals surface area contributed by atoms with Gasteiger partial charge in [0.05, 0.1) is 26.8 Å². The summed E-state index contributed by atoms with van der Waals surface area (Å²) in [6, 6.07) is 15.7. The molecule has 3 N–H and O–H groups in total. The lowest BCUT2D eigenvalue weighted by atomic mass is 10.1. The second-order valence-corrected chi connectivity index (χ2v) is 5.83. The molecule has 2 aromatic carbocycles. The summed E-state index contributed by atoms with van der Waals surface area (Å²) in [5.74, 6) is 2.02. The molecule has 0 aliphatic rings. The molecule has 0 saturated carbocycles. The molecule has 2 rings (SSSR count).